The Balaban J connectivity index is 2.16. The molecule has 0 aliphatic heterocycles. The van der Waals surface area contributed by atoms with E-state index in [1.165, 1.54) is 48.5 Å². The third-order valence-corrected chi connectivity index (χ3v) is 8.74. The summed E-state index contributed by atoms with van der Waals surface area (Å²) in [7, 11) is 7.10. The second kappa shape index (κ2) is 14.8. The highest BCUT2D eigenvalue weighted by atomic mass is 16.6. The largest absolute Gasteiger partial charge is 0.504 e. The maximum Gasteiger partial charge on any atom is 0.338 e. The number of ether oxygens (including phenoxy) is 7. The number of phenols is 1. The number of benzene rings is 3. The Morgan fingerprint density at radius 3 is 1.96 bits per heavy atom. The molecule has 2 N–H and O–H groups in total. The molecule has 3 aromatic rings. The van der Waals surface area contributed by atoms with Crippen molar-refractivity contribution in [2.75, 3.05) is 35.5 Å². The van der Waals surface area contributed by atoms with Crippen molar-refractivity contribution in [3.63, 3.8) is 0 Å². The van der Waals surface area contributed by atoms with Crippen LogP contribution in [0.3, 0.4) is 0 Å². The van der Waals surface area contributed by atoms with Crippen LogP contribution in [0.1, 0.15) is 80.1 Å². The topological polar surface area (TPSA) is 139 Å². The van der Waals surface area contributed by atoms with Gasteiger partial charge in [0.2, 0.25) is 11.5 Å². The molecule has 0 saturated carbocycles. The van der Waals surface area contributed by atoms with Gasteiger partial charge in [0, 0.05) is 34.6 Å². The molecule has 11 nitrogen and oxygen atoms in total. The predicted molar refractivity (Wildman–Crippen MR) is 174 cm³/mol. The number of carbonyl (C=O) groups is 2. The van der Waals surface area contributed by atoms with Crippen LogP contribution < -0.4 is 23.7 Å². The van der Waals surface area contributed by atoms with Crippen LogP contribution in [-0.4, -0.2) is 63.3 Å². The second-order valence-corrected chi connectivity index (χ2v) is 11.6. The maximum absolute atomic E-state index is 13.7. The molecule has 0 unspecified atom stereocenters. The minimum absolute atomic E-state index is 0.000114. The Kier molecular flexibility index (Phi) is 11.1. The van der Waals surface area contributed by atoms with Crippen LogP contribution in [0.15, 0.2) is 42.5 Å². The van der Waals surface area contributed by atoms with Gasteiger partial charge in [0.15, 0.2) is 29.1 Å². The van der Waals surface area contributed by atoms with Crippen molar-refractivity contribution in [3.8, 4) is 45.6 Å². The second-order valence-electron chi connectivity index (χ2n) is 11.6. The Bertz CT molecular complexity index is 1580. The molecule has 0 bridgehead atoms. The van der Waals surface area contributed by atoms with Crippen LogP contribution in [-0.2, 0) is 14.3 Å². The van der Waals surface area contributed by atoms with E-state index >= 15 is 0 Å². The van der Waals surface area contributed by atoms with Crippen molar-refractivity contribution in [1.29, 1.82) is 0 Å². The summed E-state index contributed by atoms with van der Waals surface area (Å²) in [6.07, 6.45) is -0.0468. The van der Waals surface area contributed by atoms with Crippen molar-refractivity contribution in [3.05, 3.63) is 59.2 Å². The number of hydrogen-bond acceptors (Lipinski definition) is 11. The number of carbonyl (C=O) groups excluding carboxylic acids is 2. The fraction of sp³-hybridized carbons (Fsp3) is 0.444. The zero-order chi connectivity index (χ0) is 34.5. The van der Waals surface area contributed by atoms with Crippen LogP contribution in [0, 0.1) is 5.92 Å². The van der Waals surface area contributed by atoms with Gasteiger partial charge < -0.3 is 43.4 Å². The highest BCUT2D eigenvalue weighted by Gasteiger charge is 2.51. The van der Waals surface area contributed by atoms with Gasteiger partial charge in [-0.2, -0.15) is 0 Å². The zero-order valence-electron chi connectivity index (χ0n) is 28.2. The minimum atomic E-state index is -1.89. The lowest BCUT2D eigenvalue weighted by molar-refractivity contribution is -0.169. The molecule has 0 aromatic heterocycles. The van der Waals surface area contributed by atoms with Gasteiger partial charge in [-0.15, -0.1) is 0 Å². The van der Waals surface area contributed by atoms with Crippen molar-refractivity contribution >= 4 is 11.9 Å². The monoisotopic (exact) mass is 652 g/mol. The van der Waals surface area contributed by atoms with Crippen LogP contribution >= 0.6 is 0 Å². The molecule has 1 aliphatic rings. The molecule has 0 heterocycles. The third-order valence-electron chi connectivity index (χ3n) is 8.74. The molecule has 0 saturated heterocycles. The number of fused-ring (bicyclic) bond motifs is 3. The third kappa shape index (κ3) is 6.62. The summed E-state index contributed by atoms with van der Waals surface area (Å²) in [5.41, 5.74) is -0.462. The number of rotatable bonds is 12. The van der Waals surface area contributed by atoms with E-state index in [2.05, 4.69) is 0 Å². The van der Waals surface area contributed by atoms with Gasteiger partial charge >= 0.3 is 11.9 Å². The van der Waals surface area contributed by atoms with Gasteiger partial charge in [-0.3, -0.25) is 4.79 Å². The number of phenolic OH excluding ortho intramolecular Hbond substituents is 1. The minimum Gasteiger partial charge on any atom is -0.504 e. The van der Waals surface area contributed by atoms with Crippen molar-refractivity contribution in [1.82, 2.24) is 0 Å². The van der Waals surface area contributed by atoms with E-state index in [1.807, 2.05) is 6.92 Å². The van der Waals surface area contributed by atoms with Gasteiger partial charge in [-0.1, -0.05) is 44.9 Å². The molecular formula is C36H44O11. The molecular weight excluding hydrogens is 608 g/mol. The summed E-state index contributed by atoms with van der Waals surface area (Å²) >= 11 is 0. The van der Waals surface area contributed by atoms with Crippen LogP contribution in [0.25, 0.3) is 11.1 Å². The first-order chi connectivity index (χ1) is 22.5. The highest BCUT2D eigenvalue weighted by Crippen LogP contribution is 2.60. The van der Waals surface area contributed by atoms with E-state index in [4.69, 9.17) is 33.2 Å². The molecule has 0 radical (unpaired) electrons. The number of unbranched alkanes of at least 4 members (excludes halogenated alkanes) is 2. The first-order valence-corrected chi connectivity index (χ1v) is 15.5. The van der Waals surface area contributed by atoms with Crippen molar-refractivity contribution in [2.45, 2.75) is 64.3 Å². The van der Waals surface area contributed by atoms with E-state index in [0.717, 1.165) is 12.8 Å². The molecule has 0 amide bonds. The predicted octanol–water partition coefficient (Wildman–Crippen LogP) is 6.57. The molecule has 0 spiro atoms. The fourth-order valence-electron chi connectivity index (χ4n) is 6.11. The van der Waals surface area contributed by atoms with Gasteiger partial charge in [-0.25, -0.2) is 4.79 Å². The Morgan fingerprint density at radius 1 is 0.787 bits per heavy atom. The molecule has 11 heteroatoms. The van der Waals surface area contributed by atoms with E-state index in [1.54, 1.807) is 43.3 Å². The number of methoxy groups -OCH3 is 5. The number of aliphatic hydroxyl groups is 1. The van der Waals surface area contributed by atoms with Crippen LogP contribution in [0.5, 0.6) is 34.5 Å². The van der Waals surface area contributed by atoms with Crippen molar-refractivity contribution in [2.24, 2.45) is 5.92 Å². The summed E-state index contributed by atoms with van der Waals surface area (Å²) in [6, 6.07) is 11.4. The molecule has 4 rings (SSSR count). The molecule has 3 aromatic carbocycles. The normalized spacial score (nSPS) is 20.1. The average Bonchev–Trinajstić information content (AvgIpc) is 3.07. The van der Waals surface area contributed by atoms with Gasteiger partial charge in [0.05, 0.1) is 41.1 Å². The van der Waals surface area contributed by atoms with Gasteiger partial charge in [0.1, 0.15) is 11.7 Å². The smallest absolute Gasteiger partial charge is 0.338 e. The number of aromatic hydroxyl groups is 1. The first kappa shape index (κ1) is 35.2. The standard InChI is InChI=1S/C36H44O11/c1-9-10-12-17-26(38)46-29-20(2)36(3,40)34(47-35(39)21-15-13-11-14-16-21)23-19-25(41-4)31(43-6)33(45-8)28(23)27-22(29)18-24(37)30(42-5)32(27)44-7/h11,13-16,18-20,29,34,37,40H,9-10,12,17H2,1-8H3/t20-,29+,34-,36-/m0/s1. The van der Waals surface area contributed by atoms with Gasteiger partial charge in [0.25, 0.3) is 0 Å². The lowest BCUT2D eigenvalue weighted by Crippen LogP contribution is -2.46. The van der Waals surface area contributed by atoms with Gasteiger partial charge in [-0.05, 0) is 37.6 Å². The van der Waals surface area contributed by atoms with Crippen LogP contribution in [0.2, 0.25) is 0 Å². The lowest BCUT2D eigenvalue weighted by Gasteiger charge is -2.44. The quantitative estimate of drug-likeness (QED) is 0.162. The van der Waals surface area contributed by atoms with Crippen LogP contribution in [0.4, 0.5) is 0 Å². The number of hydrogen-bond donors (Lipinski definition) is 2. The SMILES string of the molecule is CCCCCC(=O)O[C@H]1c2cc(O)c(OC)c(OC)c2-c2c(cc(OC)c(OC)c2OC)[C@H](OC(=O)c2ccccc2)[C@@](C)(O)[C@H]1C. The first-order valence-electron chi connectivity index (χ1n) is 15.5. The Labute approximate surface area is 275 Å². The van der Waals surface area contributed by atoms with E-state index < -0.39 is 35.7 Å². The molecule has 1 aliphatic carbocycles. The summed E-state index contributed by atoms with van der Waals surface area (Å²) in [4.78, 5) is 27.0. The summed E-state index contributed by atoms with van der Waals surface area (Å²) in [6.45, 7) is 5.23. The van der Waals surface area contributed by atoms with E-state index in [-0.39, 0.29) is 57.6 Å². The summed E-state index contributed by atoms with van der Waals surface area (Å²) in [5, 5.41) is 23.7. The fourth-order valence-corrected chi connectivity index (χ4v) is 6.11. The Morgan fingerprint density at radius 2 is 1.38 bits per heavy atom. The zero-order valence-corrected chi connectivity index (χ0v) is 28.2. The average molecular weight is 653 g/mol. The Hall–Kier alpha value is -4.64. The molecule has 4 atom stereocenters. The molecule has 254 valence electrons. The number of esters is 2. The summed E-state index contributed by atoms with van der Waals surface area (Å²) < 4.78 is 41.2. The maximum atomic E-state index is 13.7. The lowest BCUT2D eigenvalue weighted by atomic mass is 9.71. The van der Waals surface area contributed by atoms with Crippen molar-refractivity contribution < 1.29 is 53.0 Å². The van der Waals surface area contributed by atoms with E-state index in [0.29, 0.717) is 17.5 Å². The molecule has 47 heavy (non-hydrogen) atoms. The highest BCUT2D eigenvalue weighted by molar-refractivity contribution is 5.91. The summed E-state index contributed by atoms with van der Waals surface area (Å²) in [5.74, 6) is -1.74. The van der Waals surface area contributed by atoms with E-state index in [9.17, 15) is 19.8 Å². The molecule has 0 fully saturated rings.